The van der Waals surface area contributed by atoms with Crippen molar-refractivity contribution >= 4 is 39.6 Å². The van der Waals surface area contributed by atoms with Crippen LogP contribution in [0.1, 0.15) is 33.4 Å². The summed E-state index contributed by atoms with van der Waals surface area (Å²) in [6.07, 6.45) is 0.856. The molecule has 0 fully saturated rings. The molecule has 1 aromatic carbocycles. The molecule has 3 N–H and O–H groups in total. The largest absolute Gasteiger partial charge is 0.389 e. The summed E-state index contributed by atoms with van der Waals surface area (Å²) in [6.45, 7) is 4.04. The maximum absolute atomic E-state index is 12.2. The molecule has 104 valence electrons. The molecule has 0 unspecified atom stereocenters. The van der Waals surface area contributed by atoms with Crippen molar-refractivity contribution in [2.75, 3.05) is 5.32 Å². The number of carbonyl (C=O) groups excluding carboxylic acids is 1. The third-order valence-electron chi connectivity index (χ3n) is 2.86. The zero-order valence-electron chi connectivity index (χ0n) is 11.3. The van der Waals surface area contributed by atoms with Crippen LogP contribution < -0.4 is 11.1 Å². The van der Waals surface area contributed by atoms with E-state index >= 15 is 0 Å². The number of amides is 1. The molecule has 2 rings (SSSR count). The summed E-state index contributed by atoms with van der Waals surface area (Å²) in [4.78, 5) is 18.0. The highest BCUT2D eigenvalue weighted by atomic mass is 32.1. The molecule has 0 aliphatic rings. The first-order valence-electron chi connectivity index (χ1n) is 6.18. The SMILES string of the molecule is CCc1nc(NC(=O)c2cccc(C(N)=S)c2)sc1C. The molecule has 0 saturated carbocycles. The minimum absolute atomic E-state index is 0.209. The number of aromatic nitrogens is 1. The van der Waals surface area contributed by atoms with Crippen molar-refractivity contribution < 1.29 is 4.79 Å². The molecule has 1 amide bonds. The van der Waals surface area contributed by atoms with Gasteiger partial charge in [-0.3, -0.25) is 10.1 Å². The van der Waals surface area contributed by atoms with Gasteiger partial charge in [-0.25, -0.2) is 4.98 Å². The summed E-state index contributed by atoms with van der Waals surface area (Å²) in [7, 11) is 0. The molecular formula is C14H15N3OS2. The maximum atomic E-state index is 12.2. The van der Waals surface area contributed by atoms with E-state index in [4.69, 9.17) is 18.0 Å². The fourth-order valence-corrected chi connectivity index (χ4v) is 2.82. The van der Waals surface area contributed by atoms with E-state index in [1.165, 1.54) is 11.3 Å². The average Bonchev–Trinajstić information content (AvgIpc) is 2.78. The van der Waals surface area contributed by atoms with Crippen LogP contribution in [-0.4, -0.2) is 15.9 Å². The molecule has 0 bridgehead atoms. The monoisotopic (exact) mass is 305 g/mol. The van der Waals surface area contributed by atoms with Gasteiger partial charge in [-0.05, 0) is 25.5 Å². The Bertz CT molecular complexity index is 664. The molecule has 0 aliphatic carbocycles. The lowest BCUT2D eigenvalue weighted by atomic mass is 10.1. The first-order chi connectivity index (χ1) is 9.51. The van der Waals surface area contributed by atoms with E-state index in [-0.39, 0.29) is 10.9 Å². The third-order valence-corrected chi connectivity index (χ3v) is 4.02. The van der Waals surface area contributed by atoms with Gasteiger partial charge in [0.2, 0.25) is 0 Å². The van der Waals surface area contributed by atoms with Crippen LogP contribution in [0.4, 0.5) is 5.13 Å². The molecular weight excluding hydrogens is 290 g/mol. The lowest BCUT2D eigenvalue weighted by Gasteiger charge is -2.04. The molecule has 2 aromatic rings. The number of rotatable bonds is 4. The Morgan fingerprint density at radius 3 is 2.75 bits per heavy atom. The Labute approximate surface area is 127 Å². The van der Waals surface area contributed by atoms with Crippen molar-refractivity contribution in [2.24, 2.45) is 5.73 Å². The zero-order chi connectivity index (χ0) is 14.7. The summed E-state index contributed by atoms with van der Waals surface area (Å²) in [5.41, 5.74) is 7.77. The number of nitrogens with zero attached hydrogens (tertiary/aromatic N) is 1. The van der Waals surface area contributed by atoms with Crippen LogP contribution in [0.25, 0.3) is 0 Å². The van der Waals surface area contributed by atoms with Crippen molar-refractivity contribution in [3.8, 4) is 0 Å². The summed E-state index contributed by atoms with van der Waals surface area (Å²) in [5, 5.41) is 3.42. The Morgan fingerprint density at radius 1 is 1.45 bits per heavy atom. The second-order valence-electron chi connectivity index (χ2n) is 4.27. The Hall–Kier alpha value is -1.79. The van der Waals surface area contributed by atoms with E-state index in [0.717, 1.165) is 17.0 Å². The lowest BCUT2D eigenvalue weighted by Crippen LogP contribution is -2.14. The van der Waals surface area contributed by atoms with E-state index in [0.29, 0.717) is 16.3 Å². The number of anilines is 1. The normalized spacial score (nSPS) is 10.3. The predicted molar refractivity (Wildman–Crippen MR) is 86.5 cm³/mol. The smallest absolute Gasteiger partial charge is 0.257 e. The third kappa shape index (κ3) is 3.20. The first-order valence-corrected chi connectivity index (χ1v) is 7.41. The molecule has 1 aromatic heterocycles. The molecule has 20 heavy (non-hydrogen) atoms. The van der Waals surface area contributed by atoms with Crippen molar-refractivity contribution in [3.63, 3.8) is 0 Å². The second-order valence-corrected chi connectivity index (χ2v) is 5.92. The van der Waals surface area contributed by atoms with E-state index in [9.17, 15) is 4.79 Å². The zero-order valence-corrected chi connectivity index (χ0v) is 12.9. The van der Waals surface area contributed by atoms with Crippen LogP contribution in [0.2, 0.25) is 0 Å². The van der Waals surface area contributed by atoms with Gasteiger partial charge in [0.15, 0.2) is 5.13 Å². The molecule has 6 heteroatoms. The molecule has 0 spiro atoms. The fourth-order valence-electron chi connectivity index (χ4n) is 1.79. The summed E-state index contributed by atoms with van der Waals surface area (Å²) in [6, 6.07) is 6.94. The van der Waals surface area contributed by atoms with Gasteiger partial charge in [-0.1, -0.05) is 31.3 Å². The van der Waals surface area contributed by atoms with E-state index in [2.05, 4.69) is 10.3 Å². The minimum atomic E-state index is -0.209. The van der Waals surface area contributed by atoms with Crippen LogP contribution >= 0.6 is 23.6 Å². The van der Waals surface area contributed by atoms with Gasteiger partial charge in [-0.15, -0.1) is 11.3 Å². The number of hydrogen-bond acceptors (Lipinski definition) is 4. The van der Waals surface area contributed by atoms with Crippen LogP contribution in [0, 0.1) is 6.92 Å². The van der Waals surface area contributed by atoms with Gasteiger partial charge in [0.05, 0.1) is 5.69 Å². The van der Waals surface area contributed by atoms with Gasteiger partial charge in [0, 0.05) is 16.0 Å². The van der Waals surface area contributed by atoms with E-state index < -0.39 is 0 Å². The van der Waals surface area contributed by atoms with Crippen molar-refractivity contribution in [2.45, 2.75) is 20.3 Å². The van der Waals surface area contributed by atoms with Gasteiger partial charge < -0.3 is 5.73 Å². The average molecular weight is 305 g/mol. The topological polar surface area (TPSA) is 68.0 Å². The van der Waals surface area contributed by atoms with Gasteiger partial charge in [0.1, 0.15) is 4.99 Å². The number of nitrogens with two attached hydrogens (primary N) is 1. The Morgan fingerprint density at radius 2 is 2.15 bits per heavy atom. The van der Waals surface area contributed by atoms with Crippen molar-refractivity contribution in [1.29, 1.82) is 0 Å². The van der Waals surface area contributed by atoms with Crippen LogP contribution in [0.3, 0.4) is 0 Å². The fraction of sp³-hybridized carbons (Fsp3) is 0.214. The number of hydrogen-bond donors (Lipinski definition) is 2. The number of carbonyl (C=O) groups is 1. The van der Waals surface area contributed by atoms with Crippen LogP contribution in [0.5, 0.6) is 0 Å². The molecule has 1 heterocycles. The standard InChI is InChI=1S/C14H15N3OS2/c1-3-11-8(2)20-14(16-11)17-13(18)10-6-4-5-9(7-10)12(15)19/h4-7H,3H2,1-2H3,(H2,15,19)(H,16,17,18). The number of nitrogens with one attached hydrogen (secondary N) is 1. The van der Waals surface area contributed by atoms with Gasteiger partial charge in [0.25, 0.3) is 5.91 Å². The van der Waals surface area contributed by atoms with Gasteiger partial charge >= 0.3 is 0 Å². The molecule has 4 nitrogen and oxygen atoms in total. The second kappa shape index (κ2) is 6.11. The summed E-state index contributed by atoms with van der Waals surface area (Å²) in [5.74, 6) is -0.209. The summed E-state index contributed by atoms with van der Waals surface area (Å²) < 4.78 is 0. The molecule has 0 radical (unpaired) electrons. The minimum Gasteiger partial charge on any atom is -0.389 e. The number of benzene rings is 1. The number of aryl methyl sites for hydroxylation is 2. The molecule has 0 atom stereocenters. The lowest BCUT2D eigenvalue weighted by molar-refractivity contribution is 0.102. The number of thiocarbonyl (C=S) groups is 1. The van der Waals surface area contributed by atoms with Crippen LogP contribution in [0.15, 0.2) is 24.3 Å². The molecule has 0 aliphatic heterocycles. The van der Waals surface area contributed by atoms with Gasteiger partial charge in [-0.2, -0.15) is 0 Å². The highest BCUT2D eigenvalue weighted by Crippen LogP contribution is 2.23. The van der Waals surface area contributed by atoms with Crippen LogP contribution in [-0.2, 0) is 6.42 Å². The predicted octanol–water partition coefficient (Wildman–Crippen LogP) is 2.90. The highest BCUT2D eigenvalue weighted by Gasteiger charge is 2.11. The van der Waals surface area contributed by atoms with E-state index in [1.54, 1.807) is 24.3 Å². The Kier molecular flexibility index (Phi) is 4.46. The number of thiazole rings is 1. The quantitative estimate of drug-likeness (QED) is 0.852. The summed E-state index contributed by atoms with van der Waals surface area (Å²) >= 11 is 6.39. The van der Waals surface area contributed by atoms with Crippen molar-refractivity contribution in [1.82, 2.24) is 4.98 Å². The van der Waals surface area contributed by atoms with Crippen molar-refractivity contribution in [3.05, 3.63) is 46.0 Å². The maximum Gasteiger partial charge on any atom is 0.257 e. The van der Waals surface area contributed by atoms with E-state index in [1.807, 2.05) is 13.8 Å². The molecule has 0 saturated heterocycles. The highest BCUT2D eigenvalue weighted by molar-refractivity contribution is 7.80. The first kappa shape index (κ1) is 14.6. The Balaban J connectivity index is 2.19.